The van der Waals surface area contributed by atoms with Crippen LogP contribution in [0.4, 0.5) is 11.4 Å². The molecule has 1 fully saturated rings. The van der Waals surface area contributed by atoms with Crippen LogP contribution in [0.2, 0.25) is 0 Å². The fourth-order valence-corrected chi connectivity index (χ4v) is 4.85. The zero-order valence-electron chi connectivity index (χ0n) is 19.3. The van der Waals surface area contributed by atoms with E-state index >= 15 is 0 Å². The number of thiocarbonyl (C=S) groups is 1. The maximum absolute atomic E-state index is 11.6. The second kappa shape index (κ2) is 9.63. The Bertz CT molecular complexity index is 1440. The highest BCUT2D eigenvalue weighted by Gasteiger charge is 2.42. The van der Waals surface area contributed by atoms with Crippen molar-refractivity contribution in [3.05, 3.63) is 108 Å². The largest absolute Gasteiger partial charge is 0.478 e. The van der Waals surface area contributed by atoms with E-state index in [2.05, 4.69) is 15.6 Å². The first kappa shape index (κ1) is 23.3. The van der Waals surface area contributed by atoms with Crippen molar-refractivity contribution >= 4 is 40.6 Å². The lowest BCUT2D eigenvalue weighted by Crippen LogP contribution is -2.30. The SMILES string of the molecule is CC(=O)Nc1ccc(N2C(=S)N[C@H](c3ccccn3)[C@H]2c2cccn2-c2cccc(C(=O)O)c2)cc1. The third-order valence-corrected chi connectivity index (χ3v) is 6.33. The Morgan fingerprint density at radius 1 is 1.00 bits per heavy atom. The van der Waals surface area contributed by atoms with Gasteiger partial charge >= 0.3 is 5.97 Å². The van der Waals surface area contributed by atoms with E-state index in [1.54, 1.807) is 24.4 Å². The first-order valence-corrected chi connectivity index (χ1v) is 11.7. The standard InChI is InChI=1S/C27H23N5O3S/c1-17(33)29-19-10-12-20(13-11-19)32-25(24(30-27(32)36)22-8-2-3-14-28-22)23-9-5-15-31(23)21-7-4-6-18(16-21)26(34)35/h2-16,24-25H,1H3,(H,29,33)(H,30,36)(H,34,35)/t24-,25-/m1/s1. The van der Waals surface area contributed by atoms with Gasteiger partial charge in [-0.3, -0.25) is 9.78 Å². The van der Waals surface area contributed by atoms with Crippen LogP contribution >= 0.6 is 12.2 Å². The number of benzene rings is 2. The molecule has 1 amide bonds. The lowest BCUT2D eigenvalue weighted by atomic mass is 10.0. The third kappa shape index (κ3) is 4.44. The average molecular weight is 498 g/mol. The van der Waals surface area contributed by atoms with Gasteiger partial charge < -0.3 is 25.2 Å². The van der Waals surface area contributed by atoms with Crippen LogP contribution in [0.15, 0.2) is 91.3 Å². The Morgan fingerprint density at radius 3 is 2.50 bits per heavy atom. The maximum Gasteiger partial charge on any atom is 0.335 e. The number of amides is 1. The summed E-state index contributed by atoms with van der Waals surface area (Å²) in [5.74, 6) is -1.13. The van der Waals surface area contributed by atoms with Gasteiger partial charge in [0.2, 0.25) is 5.91 Å². The summed E-state index contributed by atoms with van der Waals surface area (Å²) in [5, 5.41) is 16.3. The fourth-order valence-electron chi connectivity index (χ4n) is 4.50. The van der Waals surface area contributed by atoms with Gasteiger partial charge in [0, 0.05) is 42.1 Å². The van der Waals surface area contributed by atoms with Crippen molar-refractivity contribution in [3.8, 4) is 5.69 Å². The van der Waals surface area contributed by atoms with Crippen molar-refractivity contribution in [1.29, 1.82) is 0 Å². The quantitative estimate of drug-likeness (QED) is 0.332. The lowest BCUT2D eigenvalue weighted by Gasteiger charge is -2.29. The topological polar surface area (TPSA) is 99.5 Å². The molecule has 3 heterocycles. The van der Waals surface area contributed by atoms with Crippen molar-refractivity contribution in [3.63, 3.8) is 0 Å². The van der Waals surface area contributed by atoms with Gasteiger partial charge in [-0.05, 0) is 78.9 Å². The van der Waals surface area contributed by atoms with Crippen LogP contribution in [0, 0.1) is 0 Å². The Labute approximate surface area is 213 Å². The number of carboxylic acid groups (broad SMARTS) is 1. The number of carbonyl (C=O) groups is 2. The molecule has 3 N–H and O–H groups in total. The molecule has 9 heteroatoms. The molecule has 0 radical (unpaired) electrons. The molecule has 180 valence electrons. The van der Waals surface area contributed by atoms with Gasteiger partial charge in [-0.15, -0.1) is 0 Å². The van der Waals surface area contributed by atoms with Gasteiger partial charge in [0.25, 0.3) is 0 Å². The summed E-state index contributed by atoms with van der Waals surface area (Å²) in [7, 11) is 0. The monoisotopic (exact) mass is 497 g/mol. The minimum Gasteiger partial charge on any atom is -0.478 e. The molecular weight excluding hydrogens is 474 g/mol. The third-order valence-electron chi connectivity index (χ3n) is 6.02. The van der Waals surface area contributed by atoms with E-state index in [9.17, 15) is 14.7 Å². The van der Waals surface area contributed by atoms with E-state index < -0.39 is 5.97 Å². The van der Waals surface area contributed by atoms with Crippen LogP contribution in [-0.4, -0.2) is 31.6 Å². The molecule has 2 aromatic heterocycles. The number of hydrogen-bond donors (Lipinski definition) is 3. The lowest BCUT2D eigenvalue weighted by molar-refractivity contribution is -0.114. The highest BCUT2D eigenvalue weighted by Crippen LogP contribution is 2.42. The molecule has 1 aliphatic rings. The first-order chi connectivity index (χ1) is 17.4. The molecule has 0 spiro atoms. The second-order valence-corrected chi connectivity index (χ2v) is 8.77. The van der Waals surface area contributed by atoms with Crippen molar-refractivity contribution in [1.82, 2.24) is 14.9 Å². The molecule has 4 aromatic rings. The predicted molar refractivity (Wildman–Crippen MR) is 141 cm³/mol. The zero-order chi connectivity index (χ0) is 25.2. The van der Waals surface area contributed by atoms with Crippen molar-refractivity contribution in [2.24, 2.45) is 0 Å². The van der Waals surface area contributed by atoms with Gasteiger partial charge in [0.1, 0.15) is 6.04 Å². The number of carboxylic acids is 1. The predicted octanol–water partition coefficient (Wildman–Crippen LogP) is 4.71. The highest BCUT2D eigenvalue weighted by atomic mass is 32.1. The molecule has 0 bridgehead atoms. The normalized spacial score (nSPS) is 17.0. The van der Waals surface area contributed by atoms with Crippen LogP contribution < -0.4 is 15.5 Å². The molecular formula is C27H23N5O3S. The van der Waals surface area contributed by atoms with Gasteiger partial charge in [0.15, 0.2) is 5.11 Å². The minimum absolute atomic E-state index is 0.143. The van der Waals surface area contributed by atoms with Gasteiger partial charge in [-0.2, -0.15) is 0 Å². The van der Waals surface area contributed by atoms with Crippen LogP contribution in [0.3, 0.4) is 0 Å². The summed E-state index contributed by atoms with van der Waals surface area (Å²) in [6.45, 7) is 1.47. The molecule has 0 aliphatic carbocycles. The average Bonchev–Trinajstić information content (AvgIpc) is 3.49. The van der Waals surface area contributed by atoms with Crippen LogP contribution in [0.25, 0.3) is 5.69 Å². The number of pyridine rings is 1. The summed E-state index contributed by atoms with van der Waals surface area (Å²) < 4.78 is 1.97. The summed E-state index contributed by atoms with van der Waals surface area (Å²) in [4.78, 5) is 29.7. The van der Waals surface area contributed by atoms with Gasteiger partial charge in [0.05, 0.1) is 17.3 Å². The van der Waals surface area contributed by atoms with Crippen LogP contribution in [0.1, 0.15) is 40.8 Å². The number of nitrogens with one attached hydrogen (secondary N) is 2. The molecule has 8 nitrogen and oxygen atoms in total. The Balaban J connectivity index is 1.62. The maximum atomic E-state index is 11.6. The summed E-state index contributed by atoms with van der Waals surface area (Å²) >= 11 is 5.80. The highest BCUT2D eigenvalue weighted by molar-refractivity contribution is 7.80. The van der Waals surface area contributed by atoms with E-state index in [-0.39, 0.29) is 23.6 Å². The van der Waals surface area contributed by atoms with Crippen LogP contribution in [0.5, 0.6) is 0 Å². The summed E-state index contributed by atoms with van der Waals surface area (Å²) in [6, 6.07) is 23.4. The van der Waals surface area contributed by atoms with Crippen molar-refractivity contribution in [2.75, 3.05) is 10.2 Å². The molecule has 0 saturated carbocycles. The Kier molecular flexibility index (Phi) is 6.22. The number of anilines is 2. The van der Waals surface area contributed by atoms with E-state index in [0.717, 1.165) is 22.8 Å². The molecule has 2 atom stereocenters. The number of hydrogen-bond acceptors (Lipinski definition) is 4. The van der Waals surface area contributed by atoms with E-state index in [0.29, 0.717) is 10.8 Å². The van der Waals surface area contributed by atoms with Gasteiger partial charge in [-0.25, -0.2) is 4.79 Å². The smallest absolute Gasteiger partial charge is 0.335 e. The number of rotatable bonds is 6. The molecule has 1 aliphatic heterocycles. The molecule has 1 saturated heterocycles. The van der Waals surface area contributed by atoms with Crippen LogP contribution in [-0.2, 0) is 4.79 Å². The van der Waals surface area contributed by atoms with Crippen molar-refractivity contribution in [2.45, 2.75) is 19.0 Å². The fraction of sp³-hybridized carbons (Fsp3) is 0.111. The number of aromatic carboxylic acids is 1. The van der Waals surface area contributed by atoms with Crippen molar-refractivity contribution < 1.29 is 14.7 Å². The molecule has 36 heavy (non-hydrogen) atoms. The first-order valence-electron chi connectivity index (χ1n) is 11.3. The number of aromatic nitrogens is 2. The number of carbonyl (C=O) groups excluding carboxylic acids is 1. The van der Waals surface area contributed by atoms with E-state index in [1.807, 2.05) is 76.3 Å². The minimum atomic E-state index is -0.985. The Hall–Kier alpha value is -4.50. The second-order valence-electron chi connectivity index (χ2n) is 8.38. The molecule has 5 rings (SSSR count). The summed E-state index contributed by atoms with van der Waals surface area (Å²) in [6.07, 6.45) is 3.66. The van der Waals surface area contributed by atoms with Gasteiger partial charge in [-0.1, -0.05) is 12.1 Å². The molecule has 0 unspecified atom stereocenters. The number of nitrogens with zero attached hydrogens (tertiary/aromatic N) is 3. The Morgan fingerprint density at radius 2 is 1.81 bits per heavy atom. The van der Waals surface area contributed by atoms with E-state index in [4.69, 9.17) is 12.2 Å². The van der Waals surface area contributed by atoms with E-state index in [1.165, 1.54) is 6.92 Å². The molecule has 2 aromatic carbocycles. The summed E-state index contributed by atoms with van der Waals surface area (Å²) in [5.41, 5.74) is 4.21. The zero-order valence-corrected chi connectivity index (χ0v) is 20.1.